The van der Waals surface area contributed by atoms with E-state index in [1.807, 2.05) is 79.9 Å². The predicted molar refractivity (Wildman–Crippen MR) is 539 cm³/mol. The minimum Gasteiger partial charge on any atom is -0.507 e. The van der Waals surface area contributed by atoms with Crippen molar-refractivity contribution in [3.63, 3.8) is 0 Å². The van der Waals surface area contributed by atoms with Crippen molar-refractivity contribution in [1.29, 1.82) is 0 Å². The summed E-state index contributed by atoms with van der Waals surface area (Å²) in [5.41, 5.74) is -0.674. The van der Waals surface area contributed by atoms with E-state index in [2.05, 4.69) is 39.9 Å². The van der Waals surface area contributed by atoms with Crippen LogP contribution in [0, 0.1) is 79.0 Å². The van der Waals surface area contributed by atoms with Crippen molar-refractivity contribution in [2.24, 2.45) is 5.92 Å². The molecule has 18 rings (SSSR count). The molecule has 0 bridgehead atoms. The smallest absolute Gasteiger partial charge is 0.281 e. The van der Waals surface area contributed by atoms with Crippen LogP contribution in [-0.4, -0.2) is 201 Å². The molecule has 0 saturated carbocycles. The van der Waals surface area contributed by atoms with E-state index in [1.165, 1.54) is 56.2 Å². The molecule has 12 heterocycles. The van der Waals surface area contributed by atoms with E-state index in [0.29, 0.717) is 114 Å². The van der Waals surface area contributed by atoms with E-state index in [1.54, 1.807) is 88.1 Å². The Balaban J connectivity index is 0.000000154. The minimum absolute atomic E-state index is 0.00564. The zero-order valence-corrected chi connectivity index (χ0v) is 82.6. The number of amides is 2. The summed E-state index contributed by atoms with van der Waals surface area (Å²) in [7, 11) is 0. The van der Waals surface area contributed by atoms with Crippen molar-refractivity contribution in [2.75, 3.05) is 101 Å². The number of piperidine rings is 1. The third-order valence-electron chi connectivity index (χ3n) is 28.5. The molecule has 3 fully saturated rings. The zero-order valence-electron chi connectivity index (χ0n) is 82.6. The Morgan fingerprint density at radius 1 is 0.378 bits per heavy atom. The van der Waals surface area contributed by atoms with E-state index < -0.39 is 138 Å². The number of phenols is 3. The second-order valence-electron chi connectivity index (χ2n) is 39.7. The Bertz CT molecular complexity index is 6940. The number of aryl methyl sites for hydroxylation is 3. The van der Waals surface area contributed by atoms with Crippen LogP contribution in [0.3, 0.4) is 0 Å². The minimum atomic E-state index is -1.22. The number of aliphatic hydroxyl groups excluding tert-OH is 3. The van der Waals surface area contributed by atoms with Crippen LogP contribution < -0.4 is 46.1 Å². The molecule has 2 amide bonds. The normalized spacial score (nSPS) is 18.3. The summed E-state index contributed by atoms with van der Waals surface area (Å²) in [6.07, 6.45) is 8.12. The summed E-state index contributed by atoms with van der Waals surface area (Å²) in [5, 5.41) is 62.9. The molecule has 9 atom stereocenters. The van der Waals surface area contributed by atoms with Crippen LogP contribution in [0.25, 0.3) is 83.2 Å². The predicted octanol–water partition coefficient (Wildman–Crippen LogP) is 18.4. The van der Waals surface area contributed by atoms with Gasteiger partial charge in [-0.3, -0.25) is 52.6 Å². The molecule has 0 aliphatic carbocycles. The summed E-state index contributed by atoms with van der Waals surface area (Å²) in [4.78, 5) is 99.6. The standard InChI is InChI=1S/2C37H40F3N5O4.C35H39F3N4O3/c2*1-7-28(48)43-18-23-17-42(14-12-22(6)46)36-35(44(23)16-21(43)5)24-15-26(39)30(29-25(38)9-8-10-27(29)47)31(40)34(24)45(37(36)49)33-20(4)11-13-41-32(33)19(2)3;1-18(2)30-31(20(4)11-13-39-30)42-32-23(15-25(37)28(29(32)38)27-24(36)7-6-8-26(27)44)33-34(35(42)45)40(14-12-21(5)43)17-22-10-9-19(3)16-41(22)33/h2*7-11,13,15,19,21-23,46-47H,1,12,14,16-18H2,2-6H3;6-8,11,13,15,18-19,21-22,43-44H,9-10,12,14,16-17H2,1-5H3/t2*21-,22?,23+;19-,21?,22+/m110/s1. The van der Waals surface area contributed by atoms with Crippen LogP contribution >= 0.6 is 0 Å². The maximum absolute atomic E-state index is 17.4. The highest BCUT2D eigenvalue weighted by molar-refractivity contribution is 6.07. The molecule has 6 aliphatic heterocycles. The molecule has 0 radical (unpaired) electrons. The average Bonchev–Trinajstić information content (AvgIpc) is 0.708. The van der Waals surface area contributed by atoms with Gasteiger partial charge in [0.1, 0.15) is 69.2 Å². The monoisotopic (exact) mass is 1970 g/mol. The maximum atomic E-state index is 17.4. The first-order valence-electron chi connectivity index (χ1n) is 48.5. The number of anilines is 6. The van der Waals surface area contributed by atoms with Crippen LogP contribution in [0.5, 0.6) is 17.2 Å². The summed E-state index contributed by atoms with van der Waals surface area (Å²) in [6.45, 7) is 38.4. The number of rotatable bonds is 20. The van der Waals surface area contributed by atoms with Crippen LogP contribution in [0.15, 0.2) is 149 Å². The lowest BCUT2D eigenvalue weighted by molar-refractivity contribution is -0.129. The molecule has 6 aromatic carbocycles. The van der Waals surface area contributed by atoms with Crippen LogP contribution in [-0.2, 0) is 9.59 Å². The van der Waals surface area contributed by atoms with Gasteiger partial charge in [0.15, 0.2) is 17.5 Å². The second-order valence-corrected chi connectivity index (χ2v) is 39.7. The Hall–Kier alpha value is -13.7. The molecular formula is C109H119F9N14O11. The topological polar surface area (TPSA) is 286 Å². The Morgan fingerprint density at radius 2 is 0.664 bits per heavy atom. The van der Waals surface area contributed by atoms with Crippen LogP contribution in [0.1, 0.15) is 167 Å². The Morgan fingerprint density at radius 3 is 0.937 bits per heavy atom. The van der Waals surface area contributed by atoms with Gasteiger partial charge in [-0.1, -0.05) is 79.8 Å². The summed E-state index contributed by atoms with van der Waals surface area (Å²) >= 11 is 0. The molecule has 25 nitrogen and oxygen atoms in total. The largest absolute Gasteiger partial charge is 0.507 e. The Kier molecular flexibility index (Phi) is 29.0. The van der Waals surface area contributed by atoms with Gasteiger partial charge in [0.25, 0.3) is 16.7 Å². The van der Waals surface area contributed by atoms with E-state index in [0.717, 1.165) is 55.3 Å². The fourth-order valence-corrected chi connectivity index (χ4v) is 21.7. The number of aromatic nitrogens is 6. The molecule has 6 N–H and O–H groups in total. The third-order valence-corrected chi connectivity index (χ3v) is 28.5. The maximum Gasteiger partial charge on any atom is 0.281 e. The number of aliphatic hydroxyl groups is 3. The van der Waals surface area contributed by atoms with Gasteiger partial charge >= 0.3 is 0 Å². The van der Waals surface area contributed by atoms with Gasteiger partial charge in [0.05, 0.1) is 132 Å². The highest BCUT2D eigenvalue weighted by Gasteiger charge is 2.48. The first kappa shape index (κ1) is 102. The number of benzene rings is 6. The van der Waals surface area contributed by atoms with Crippen molar-refractivity contribution in [3.8, 4) is 67.7 Å². The zero-order chi connectivity index (χ0) is 103. The van der Waals surface area contributed by atoms with Gasteiger partial charge < -0.3 is 69.8 Å². The van der Waals surface area contributed by atoms with Crippen molar-refractivity contribution >= 4 is 78.6 Å². The molecule has 6 aromatic heterocycles. The van der Waals surface area contributed by atoms with Crippen molar-refractivity contribution in [2.45, 2.75) is 202 Å². The number of nitrogens with zero attached hydrogens (tertiary/aromatic N) is 14. The summed E-state index contributed by atoms with van der Waals surface area (Å²) in [5.74, 6) is -12.7. The third kappa shape index (κ3) is 18.3. The number of carbonyl (C=O) groups excluding carboxylic acids is 2. The molecule has 6 aliphatic rings. The highest BCUT2D eigenvalue weighted by Crippen LogP contribution is 2.53. The lowest BCUT2D eigenvalue weighted by atomic mass is 9.89. The fourth-order valence-electron chi connectivity index (χ4n) is 21.7. The lowest BCUT2D eigenvalue weighted by Gasteiger charge is -2.52. The highest BCUT2D eigenvalue weighted by atomic mass is 19.2. The fraction of sp³-hybridized carbons (Fsp3) is 0.394. The van der Waals surface area contributed by atoms with Crippen LogP contribution in [0.4, 0.5) is 73.6 Å². The number of fused-ring (bicyclic) bond motifs is 15. The van der Waals surface area contributed by atoms with Crippen LogP contribution in [0.2, 0.25) is 0 Å². The number of phenolic OH excluding ortho intramolecular Hbond substituents is 3. The van der Waals surface area contributed by atoms with Gasteiger partial charge in [-0.25, -0.2) is 39.5 Å². The van der Waals surface area contributed by atoms with E-state index in [-0.39, 0.29) is 160 Å². The number of piperazine rings is 2. The number of hydrogen-bond donors (Lipinski definition) is 6. The summed E-state index contributed by atoms with van der Waals surface area (Å²) < 4.78 is 150. The molecule has 3 saturated heterocycles. The summed E-state index contributed by atoms with van der Waals surface area (Å²) in [6, 6.07) is 17.2. The molecule has 143 heavy (non-hydrogen) atoms. The van der Waals surface area contributed by atoms with E-state index >= 15 is 53.9 Å². The van der Waals surface area contributed by atoms with E-state index in [4.69, 9.17) is 0 Å². The molecular weight excluding hydrogens is 1850 g/mol. The van der Waals surface area contributed by atoms with Gasteiger partial charge in [0.2, 0.25) is 11.8 Å². The molecule has 3 unspecified atom stereocenters. The van der Waals surface area contributed by atoms with Crippen molar-refractivity contribution in [1.82, 2.24) is 38.5 Å². The quantitative estimate of drug-likeness (QED) is 0.0305. The second kappa shape index (κ2) is 40.6. The van der Waals surface area contributed by atoms with Gasteiger partial charge in [0, 0.05) is 125 Å². The number of hydrogen-bond acceptors (Lipinski definition) is 20. The number of aromatic hydroxyl groups is 3. The molecule has 12 aromatic rings. The van der Waals surface area contributed by atoms with Crippen molar-refractivity contribution < 1.29 is 79.7 Å². The Labute approximate surface area is 822 Å². The first-order chi connectivity index (χ1) is 67.9. The molecule has 0 spiro atoms. The number of halogens is 9. The molecule has 754 valence electrons. The molecule has 34 heteroatoms. The lowest BCUT2D eigenvalue weighted by Crippen LogP contribution is -2.64. The van der Waals surface area contributed by atoms with Gasteiger partial charge in [-0.05, 0) is 213 Å². The van der Waals surface area contributed by atoms with Gasteiger partial charge in [-0.2, -0.15) is 0 Å². The average molecular weight is 1970 g/mol. The number of pyridine rings is 6. The van der Waals surface area contributed by atoms with E-state index in [9.17, 15) is 40.2 Å². The SMILES string of the molecule is C=CC(=O)N1C[C@@H]2CN(CCC(C)O)c3c(c4cc(F)c(-c5c(O)cccc5F)c(F)c4n(-c4c(C)ccnc4C(C)C)c3=O)N2C[C@H]1C.C=CC(=O)N1C[C@@H]2CN(CCC(C)O)c3c(c4cc(F)c(-c5c(O)cccc5F)c(F)c4n(-c4c(C)ccnc4C(C)C)c3=O)N2C[C@H]1C.Cc1ccnc(C(C)C)c1-n1c(=O)c2c(c3cc(F)c(-c4c(O)cccc4F)c(F)c31)N1C[C@@H](C)CC[C@@H]1CN2CCC(C)O. The van der Waals surface area contributed by atoms with Crippen molar-refractivity contribution in [3.05, 3.63) is 252 Å². The first-order valence-corrected chi connectivity index (χ1v) is 48.5. The van der Waals surface area contributed by atoms with Gasteiger partial charge in [-0.15, -0.1) is 0 Å². The number of carbonyl (C=O) groups is 2.